The Morgan fingerprint density at radius 3 is 2.81 bits per heavy atom. The Hall–Kier alpha value is -2.73. The molecule has 0 fully saturated rings. The van der Waals surface area contributed by atoms with Gasteiger partial charge in [0.15, 0.2) is 5.76 Å². The Morgan fingerprint density at radius 1 is 1.35 bits per heavy atom. The summed E-state index contributed by atoms with van der Waals surface area (Å²) in [5.41, 5.74) is 1.85. The molecule has 26 heavy (non-hydrogen) atoms. The van der Waals surface area contributed by atoms with Crippen LogP contribution in [0.25, 0.3) is 0 Å². The van der Waals surface area contributed by atoms with E-state index in [4.69, 9.17) is 20.8 Å². The summed E-state index contributed by atoms with van der Waals surface area (Å²) in [5.74, 6) is 1.05. The van der Waals surface area contributed by atoms with Gasteiger partial charge in [-0.15, -0.1) is 0 Å². The Kier molecular flexibility index (Phi) is 5.32. The Balaban J connectivity index is 1.61. The molecule has 1 unspecified atom stereocenters. The molecule has 7 heteroatoms. The number of rotatable bonds is 6. The topological polar surface area (TPSA) is 69.3 Å². The number of ether oxygens (including phenoxy) is 1. The van der Waals surface area contributed by atoms with E-state index in [2.05, 4.69) is 10.4 Å². The van der Waals surface area contributed by atoms with Crippen molar-refractivity contribution in [2.75, 3.05) is 0 Å². The summed E-state index contributed by atoms with van der Waals surface area (Å²) in [6.45, 7) is 4.01. The van der Waals surface area contributed by atoms with Crippen LogP contribution in [0.4, 0.5) is 0 Å². The van der Waals surface area contributed by atoms with E-state index in [9.17, 15) is 4.79 Å². The zero-order valence-electron chi connectivity index (χ0n) is 14.8. The average Bonchev–Trinajstić information content (AvgIpc) is 3.20. The summed E-state index contributed by atoms with van der Waals surface area (Å²) in [6.07, 6.45) is 1.89. The summed E-state index contributed by atoms with van der Waals surface area (Å²) < 4.78 is 12.9. The molecule has 3 rings (SSSR count). The molecule has 2 aromatic heterocycles. The van der Waals surface area contributed by atoms with E-state index in [-0.39, 0.29) is 24.3 Å². The fourth-order valence-electron chi connectivity index (χ4n) is 2.68. The molecule has 6 nitrogen and oxygen atoms in total. The number of halogens is 1. The number of hydrogen-bond acceptors (Lipinski definition) is 4. The van der Waals surface area contributed by atoms with Crippen molar-refractivity contribution in [2.24, 2.45) is 7.05 Å². The summed E-state index contributed by atoms with van der Waals surface area (Å²) in [7, 11) is 1.85. The average molecular weight is 374 g/mol. The third-order valence-electron chi connectivity index (χ3n) is 3.96. The van der Waals surface area contributed by atoms with E-state index in [1.54, 1.807) is 28.9 Å². The van der Waals surface area contributed by atoms with Gasteiger partial charge in [0.05, 0.1) is 16.8 Å². The minimum absolute atomic E-state index is 0.177. The molecule has 136 valence electrons. The summed E-state index contributed by atoms with van der Waals surface area (Å²) in [4.78, 5) is 12.4. The molecule has 0 bridgehead atoms. The van der Waals surface area contributed by atoms with Crippen LogP contribution in [0.15, 0.2) is 47.0 Å². The number of nitrogens with one attached hydrogen (secondary N) is 1. The fraction of sp³-hybridized carbons (Fsp3) is 0.263. The first-order valence-electron chi connectivity index (χ1n) is 8.21. The maximum absolute atomic E-state index is 12.4. The minimum atomic E-state index is -0.287. The zero-order valence-corrected chi connectivity index (χ0v) is 15.6. The number of aryl methyl sites for hydroxylation is 2. The monoisotopic (exact) mass is 373 g/mol. The number of furan rings is 1. The highest BCUT2D eigenvalue weighted by Crippen LogP contribution is 2.24. The van der Waals surface area contributed by atoms with Crippen molar-refractivity contribution in [3.05, 3.63) is 70.4 Å². The van der Waals surface area contributed by atoms with E-state index in [1.165, 1.54) is 0 Å². The molecule has 0 spiro atoms. The number of aromatic nitrogens is 2. The van der Waals surface area contributed by atoms with Crippen molar-refractivity contribution in [2.45, 2.75) is 26.5 Å². The fourth-order valence-corrected chi connectivity index (χ4v) is 2.87. The van der Waals surface area contributed by atoms with Crippen LogP contribution in [0.2, 0.25) is 5.02 Å². The maximum atomic E-state index is 12.4. The van der Waals surface area contributed by atoms with Gasteiger partial charge in [-0.25, -0.2) is 0 Å². The predicted molar refractivity (Wildman–Crippen MR) is 98.3 cm³/mol. The molecule has 1 amide bonds. The van der Waals surface area contributed by atoms with Crippen LogP contribution < -0.4 is 10.1 Å². The van der Waals surface area contributed by atoms with Gasteiger partial charge in [0.25, 0.3) is 5.91 Å². The molecule has 2 heterocycles. The molecule has 3 aromatic rings. The number of hydrogen-bond donors (Lipinski definition) is 1. The lowest BCUT2D eigenvalue weighted by Crippen LogP contribution is -2.26. The van der Waals surface area contributed by atoms with Crippen LogP contribution in [0.1, 0.15) is 40.5 Å². The van der Waals surface area contributed by atoms with Gasteiger partial charge in [-0.2, -0.15) is 5.10 Å². The van der Waals surface area contributed by atoms with Crippen LogP contribution in [-0.4, -0.2) is 15.7 Å². The lowest BCUT2D eigenvalue weighted by Gasteiger charge is -2.12. The molecule has 1 N–H and O–H groups in total. The Labute approximate surface area is 156 Å². The van der Waals surface area contributed by atoms with Crippen molar-refractivity contribution in [1.82, 2.24) is 15.1 Å². The largest absolute Gasteiger partial charge is 0.484 e. The van der Waals surface area contributed by atoms with E-state index in [0.717, 1.165) is 11.3 Å². The van der Waals surface area contributed by atoms with Gasteiger partial charge in [-0.1, -0.05) is 23.7 Å². The number of amides is 1. The second kappa shape index (κ2) is 7.66. The predicted octanol–water partition coefficient (Wildman–Crippen LogP) is 4.04. The van der Waals surface area contributed by atoms with Crippen molar-refractivity contribution in [3.63, 3.8) is 0 Å². The van der Waals surface area contributed by atoms with E-state index >= 15 is 0 Å². The second-order valence-corrected chi connectivity index (χ2v) is 6.43. The smallest absolute Gasteiger partial charge is 0.287 e. The van der Waals surface area contributed by atoms with Gasteiger partial charge in [0, 0.05) is 18.8 Å². The highest BCUT2D eigenvalue weighted by Gasteiger charge is 2.18. The molecule has 1 aromatic carbocycles. The van der Waals surface area contributed by atoms with Gasteiger partial charge in [0.2, 0.25) is 0 Å². The van der Waals surface area contributed by atoms with Gasteiger partial charge < -0.3 is 14.5 Å². The molecular formula is C19H20ClN3O3. The highest BCUT2D eigenvalue weighted by atomic mass is 35.5. The van der Waals surface area contributed by atoms with Crippen LogP contribution in [0.3, 0.4) is 0 Å². The molecule has 0 saturated carbocycles. The number of nitrogens with zero attached hydrogens (tertiary/aromatic N) is 2. The molecule has 0 aliphatic rings. The SMILES string of the molecule is Cc1nn(C)cc1C(C)NC(=O)c1ccc(COc2ccccc2Cl)o1. The normalized spacial score (nSPS) is 12.0. The van der Waals surface area contributed by atoms with Gasteiger partial charge in [-0.05, 0) is 38.1 Å². The molecule has 0 aliphatic carbocycles. The standard InChI is InChI=1S/C19H20ClN3O3/c1-12(15-10-23(3)22-13(15)2)21-19(24)18-9-8-14(26-18)11-25-17-7-5-4-6-16(17)20/h4-10,12H,11H2,1-3H3,(H,21,24). The number of para-hydroxylation sites is 1. The van der Waals surface area contributed by atoms with Crippen LogP contribution in [-0.2, 0) is 13.7 Å². The number of benzene rings is 1. The van der Waals surface area contributed by atoms with Crippen LogP contribution in [0, 0.1) is 6.92 Å². The van der Waals surface area contributed by atoms with Crippen molar-refractivity contribution < 1.29 is 13.9 Å². The van der Waals surface area contributed by atoms with Gasteiger partial charge in [-0.3, -0.25) is 9.48 Å². The third kappa shape index (κ3) is 4.08. The van der Waals surface area contributed by atoms with E-state index in [1.807, 2.05) is 39.2 Å². The van der Waals surface area contributed by atoms with Crippen molar-refractivity contribution in [3.8, 4) is 5.75 Å². The maximum Gasteiger partial charge on any atom is 0.287 e. The summed E-state index contributed by atoms with van der Waals surface area (Å²) >= 11 is 6.05. The first-order valence-corrected chi connectivity index (χ1v) is 8.59. The highest BCUT2D eigenvalue weighted by molar-refractivity contribution is 6.32. The Morgan fingerprint density at radius 2 is 2.12 bits per heavy atom. The minimum Gasteiger partial charge on any atom is -0.484 e. The summed E-state index contributed by atoms with van der Waals surface area (Å²) in [5, 5.41) is 7.73. The van der Waals surface area contributed by atoms with Crippen LogP contribution >= 0.6 is 11.6 Å². The quantitative estimate of drug-likeness (QED) is 0.707. The molecule has 0 saturated heterocycles. The van der Waals surface area contributed by atoms with Crippen molar-refractivity contribution in [1.29, 1.82) is 0 Å². The molecular weight excluding hydrogens is 354 g/mol. The van der Waals surface area contributed by atoms with Gasteiger partial charge in [0.1, 0.15) is 18.1 Å². The molecule has 0 aliphatic heterocycles. The van der Waals surface area contributed by atoms with Crippen molar-refractivity contribution >= 4 is 17.5 Å². The van der Waals surface area contributed by atoms with E-state index in [0.29, 0.717) is 16.5 Å². The van der Waals surface area contributed by atoms with Gasteiger partial charge >= 0.3 is 0 Å². The Bertz CT molecular complexity index is 916. The number of carbonyl (C=O) groups is 1. The van der Waals surface area contributed by atoms with Crippen LogP contribution in [0.5, 0.6) is 5.75 Å². The third-order valence-corrected chi connectivity index (χ3v) is 4.27. The molecule has 1 atom stereocenters. The zero-order chi connectivity index (χ0) is 18.7. The second-order valence-electron chi connectivity index (χ2n) is 6.02. The molecule has 0 radical (unpaired) electrons. The first-order chi connectivity index (χ1) is 12.4. The number of carbonyl (C=O) groups excluding carboxylic acids is 1. The van der Waals surface area contributed by atoms with E-state index < -0.39 is 0 Å². The first kappa shape index (κ1) is 18.1. The lowest BCUT2D eigenvalue weighted by atomic mass is 10.1. The lowest BCUT2D eigenvalue weighted by molar-refractivity contribution is 0.0907. The summed E-state index contributed by atoms with van der Waals surface area (Å²) in [6, 6.07) is 10.4.